The van der Waals surface area contributed by atoms with Crippen LogP contribution in [-0.4, -0.2) is 51.6 Å². The zero-order valence-electron chi connectivity index (χ0n) is 18.6. The molecule has 32 heavy (non-hydrogen) atoms. The van der Waals surface area contributed by atoms with Crippen molar-refractivity contribution in [1.29, 1.82) is 0 Å². The highest BCUT2D eigenvalue weighted by Gasteiger charge is 2.18. The third-order valence-corrected chi connectivity index (χ3v) is 5.48. The van der Waals surface area contributed by atoms with Gasteiger partial charge >= 0.3 is 0 Å². The third-order valence-electron chi connectivity index (χ3n) is 5.48. The molecule has 166 valence electrons. The number of hydrogen-bond acceptors (Lipinski definition) is 6. The quantitative estimate of drug-likeness (QED) is 0.494. The molecule has 1 heterocycles. The molecule has 1 aliphatic rings. The van der Waals surface area contributed by atoms with Crippen molar-refractivity contribution in [2.45, 2.75) is 6.61 Å². The Balaban J connectivity index is 1.34. The van der Waals surface area contributed by atoms with Crippen LogP contribution in [0.4, 0.5) is 5.69 Å². The van der Waals surface area contributed by atoms with Gasteiger partial charge in [-0.15, -0.1) is 0 Å². The van der Waals surface area contributed by atoms with E-state index in [9.17, 15) is 0 Å². The molecule has 0 amide bonds. The molecule has 0 atom stereocenters. The van der Waals surface area contributed by atoms with Crippen LogP contribution in [-0.2, 0) is 6.61 Å². The van der Waals surface area contributed by atoms with Gasteiger partial charge in [-0.05, 0) is 41.5 Å². The van der Waals surface area contributed by atoms with Crippen LogP contribution >= 0.6 is 0 Å². The number of hydrogen-bond donors (Lipinski definition) is 0. The predicted molar refractivity (Wildman–Crippen MR) is 128 cm³/mol. The van der Waals surface area contributed by atoms with Crippen molar-refractivity contribution >= 4 is 11.9 Å². The molecule has 0 radical (unpaired) electrons. The van der Waals surface area contributed by atoms with Crippen molar-refractivity contribution in [2.24, 2.45) is 5.10 Å². The van der Waals surface area contributed by atoms with E-state index in [-0.39, 0.29) is 0 Å². The largest absolute Gasteiger partial charge is 0.495 e. The summed E-state index contributed by atoms with van der Waals surface area (Å²) in [7, 11) is 3.37. The average molecular weight is 432 g/mol. The highest BCUT2D eigenvalue weighted by molar-refractivity contribution is 5.80. The first-order valence-corrected chi connectivity index (χ1v) is 10.8. The van der Waals surface area contributed by atoms with Crippen molar-refractivity contribution in [3.8, 4) is 17.2 Å². The van der Waals surface area contributed by atoms with Crippen LogP contribution in [0, 0.1) is 0 Å². The maximum Gasteiger partial charge on any atom is 0.161 e. The molecular weight excluding hydrogens is 402 g/mol. The molecule has 0 spiro atoms. The number of nitrogens with zero attached hydrogens (tertiary/aromatic N) is 3. The SMILES string of the molecule is COc1cc(C=NN2CCN(c3ccccc3OC)CC2)ccc1OCc1ccccc1. The maximum atomic E-state index is 5.94. The molecule has 0 aromatic heterocycles. The van der Waals surface area contributed by atoms with Gasteiger partial charge in [0.15, 0.2) is 11.5 Å². The second-order valence-electron chi connectivity index (χ2n) is 7.54. The Hall–Kier alpha value is -3.67. The maximum absolute atomic E-state index is 5.94. The Kier molecular flexibility index (Phi) is 7.12. The van der Waals surface area contributed by atoms with E-state index < -0.39 is 0 Å². The topological polar surface area (TPSA) is 46.5 Å². The van der Waals surface area contributed by atoms with Crippen molar-refractivity contribution in [1.82, 2.24) is 5.01 Å². The minimum Gasteiger partial charge on any atom is -0.495 e. The van der Waals surface area contributed by atoms with E-state index >= 15 is 0 Å². The van der Waals surface area contributed by atoms with Crippen LogP contribution < -0.4 is 19.1 Å². The van der Waals surface area contributed by atoms with Crippen LogP contribution in [0.2, 0.25) is 0 Å². The third kappa shape index (κ3) is 5.32. The molecule has 0 N–H and O–H groups in total. The van der Waals surface area contributed by atoms with Crippen LogP contribution in [0.5, 0.6) is 17.2 Å². The van der Waals surface area contributed by atoms with Crippen molar-refractivity contribution in [3.63, 3.8) is 0 Å². The Morgan fingerprint density at radius 2 is 1.50 bits per heavy atom. The molecule has 1 saturated heterocycles. The molecular formula is C26H29N3O3. The number of ether oxygens (including phenoxy) is 3. The first-order chi connectivity index (χ1) is 15.8. The molecule has 1 aliphatic heterocycles. The van der Waals surface area contributed by atoms with Gasteiger partial charge in [0, 0.05) is 13.1 Å². The molecule has 6 heteroatoms. The van der Waals surface area contributed by atoms with Gasteiger partial charge in [0.05, 0.1) is 39.2 Å². The zero-order valence-corrected chi connectivity index (χ0v) is 18.6. The molecule has 3 aromatic rings. The predicted octanol–water partition coefficient (Wildman–Crippen LogP) is 4.44. The summed E-state index contributed by atoms with van der Waals surface area (Å²) in [5.74, 6) is 2.33. The summed E-state index contributed by atoms with van der Waals surface area (Å²) >= 11 is 0. The number of methoxy groups -OCH3 is 2. The normalized spacial score (nSPS) is 13.9. The lowest BCUT2D eigenvalue weighted by Gasteiger charge is -2.35. The zero-order chi connectivity index (χ0) is 22.2. The number of hydrazone groups is 1. The van der Waals surface area contributed by atoms with Crippen molar-refractivity contribution in [3.05, 3.63) is 83.9 Å². The molecule has 0 aliphatic carbocycles. The second kappa shape index (κ2) is 10.6. The Labute approximate surface area is 189 Å². The van der Waals surface area contributed by atoms with Crippen LogP contribution in [0.25, 0.3) is 0 Å². The summed E-state index contributed by atoms with van der Waals surface area (Å²) < 4.78 is 17.0. The average Bonchev–Trinajstić information content (AvgIpc) is 2.87. The summed E-state index contributed by atoms with van der Waals surface area (Å²) in [4.78, 5) is 2.34. The fourth-order valence-electron chi connectivity index (χ4n) is 3.71. The van der Waals surface area contributed by atoms with E-state index in [1.165, 1.54) is 0 Å². The summed E-state index contributed by atoms with van der Waals surface area (Å²) in [6.07, 6.45) is 1.88. The molecule has 0 bridgehead atoms. The summed E-state index contributed by atoms with van der Waals surface area (Å²) in [5.41, 5.74) is 3.22. The van der Waals surface area contributed by atoms with Crippen LogP contribution in [0.1, 0.15) is 11.1 Å². The van der Waals surface area contributed by atoms with Gasteiger partial charge in [-0.3, -0.25) is 5.01 Å². The van der Waals surface area contributed by atoms with Gasteiger partial charge in [0.25, 0.3) is 0 Å². The van der Waals surface area contributed by atoms with Gasteiger partial charge in [0.2, 0.25) is 0 Å². The molecule has 6 nitrogen and oxygen atoms in total. The first kappa shape index (κ1) is 21.6. The minimum absolute atomic E-state index is 0.501. The van der Waals surface area contributed by atoms with Gasteiger partial charge in [-0.25, -0.2) is 0 Å². The lowest BCUT2D eigenvalue weighted by molar-refractivity contribution is 0.271. The smallest absolute Gasteiger partial charge is 0.161 e. The number of rotatable bonds is 8. The fraction of sp³-hybridized carbons (Fsp3) is 0.269. The molecule has 4 rings (SSSR count). The van der Waals surface area contributed by atoms with Gasteiger partial charge in [-0.2, -0.15) is 5.10 Å². The molecule has 3 aromatic carbocycles. The van der Waals surface area contributed by atoms with E-state index in [1.54, 1.807) is 14.2 Å². The van der Waals surface area contributed by atoms with Crippen molar-refractivity contribution in [2.75, 3.05) is 45.3 Å². The van der Waals surface area contributed by atoms with Gasteiger partial charge in [0.1, 0.15) is 12.4 Å². The Morgan fingerprint density at radius 1 is 0.781 bits per heavy atom. The summed E-state index contributed by atoms with van der Waals surface area (Å²) in [6.45, 7) is 4.00. The van der Waals surface area contributed by atoms with E-state index in [1.807, 2.05) is 72.9 Å². The van der Waals surface area contributed by atoms with Gasteiger partial charge < -0.3 is 19.1 Å². The lowest BCUT2D eigenvalue weighted by atomic mass is 10.2. The highest BCUT2D eigenvalue weighted by Crippen LogP contribution is 2.29. The summed E-state index contributed by atoms with van der Waals surface area (Å²) in [5, 5.41) is 6.77. The minimum atomic E-state index is 0.501. The van der Waals surface area contributed by atoms with E-state index in [4.69, 9.17) is 14.2 Å². The second-order valence-corrected chi connectivity index (χ2v) is 7.54. The molecule has 0 saturated carbocycles. The molecule has 0 unspecified atom stereocenters. The number of benzene rings is 3. The Morgan fingerprint density at radius 3 is 2.25 bits per heavy atom. The van der Waals surface area contributed by atoms with Crippen molar-refractivity contribution < 1.29 is 14.2 Å². The van der Waals surface area contributed by atoms with E-state index in [0.29, 0.717) is 12.4 Å². The Bertz CT molecular complexity index is 1030. The standard InChI is InChI=1S/C26H29N3O3/c1-30-24-11-7-6-10-23(24)28-14-16-29(17-15-28)27-19-22-12-13-25(26(18-22)31-2)32-20-21-8-4-3-5-9-21/h3-13,18-19H,14-17,20H2,1-2H3. The number of piperazine rings is 1. The van der Waals surface area contributed by atoms with Gasteiger partial charge in [-0.1, -0.05) is 42.5 Å². The summed E-state index contributed by atoms with van der Waals surface area (Å²) in [6, 6.07) is 24.1. The monoisotopic (exact) mass is 431 g/mol. The highest BCUT2D eigenvalue weighted by atomic mass is 16.5. The molecule has 1 fully saturated rings. The fourth-order valence-corrected chi connectivity index (χ4v) is 3.71. The van der Waals surface area contributed by atoms with Crippen LogP contribution in [0.15, 0.2) is 77.9 Å². The number of anilines is 1. The first-order valence-electron chi connectivity index (χ1n) is 10.8. The van der Waals surface area contributed by atoms with E-state index in [0.717, 1.165) is 54.5 Å². The van der Waals surface area contributed by atoms with Crippen LogP contribution in [0.3, 0.4) is 0 Å². The van der Waals surface area contributed by atoms with E-state index in [2.05, 4.69) is 21.1 Å². The lowest BCUT2D eigenvalue weighted by Crippen LogP contribution is -2.44. The number of para-hydroxylation sites is 2.